The van der Waals surface area contributed by atoms with E-state index in [1.807, 2.05) is 67.6 Å². The molecule has 1 aromatic heterocycles. The second-order valence-electron chi connectivity index (χ2n) is 6.27. The lowest BCUT2D eigenvalue weighted by Gasteiger charge is -2.09. The molecule has 0 amide bonds. The minimum Gasteiger partial charge on any atom is -0.462 e. The first-order chi connectivity index (χ1) is 13.7. The molecule has 1 atom stereocenters. The topological polar surface area (TPSA) is 60.8 Å². The quantitative estimate of drug-likeness (QED) is 0.250. The van der Waals surface area contributed by atoms with Crippen molar-refractivity contribution in [1.82, 2.24) is 4.98 Å². The predicted molar refractivity (Wildman–Crippen MR) is 111 cm³/mol. The van der Waals surface area contributed by atoms with E-state index in [0.717, 1.165) is 22.0 Å². The maximum absolute atomic E-state index is 11.7. The summed E-state index contributed by atoms with van der Waals surface area (Å²) in [4.78, 5) is 21.5. The number of para-hydroxylation sites is 1. The van der Waals surface area contributed by atoms with Gasteiger partial charge >= 0.3 is 5.97 Å². The summed E-state index contributed by atoms with van der Waals surface area (Å²) in [5.41, 5.74) is 2.72. The molecule has 0 bridgehead atoms. The van der Waals surface area contributed by atoms with Crippen molar-refractivity contribution in [2.75, 3.05) is 6.61 Å². The largest absolute Gasteiger partial charge is 0.462 e. The highest BCUT2D eigenvalue weighted by atomic mass is 16.6. The summed E-state index contributed by atoms with van der Waals surface area (Å²) in [5.74, 6) is -0.374. The van der Waals surface area contributed by atoms with Crippen molar-refractivity contribution in [3.63, 3.8) is 0 Å². The molecular formula is C23H22N2O3. The Labute approximate surface area is 164 Å². The van der Waals surface area contributed by atoms with Gasteiger partial charge in [-0.1, -0.05) is 59.8 Å². The molecule has 3 rings (SSSR count). The fraction of sp³-hybridized carbons (Fsp3) is 0.174. The molecule has 0 aliphatic carbocycles. The van der Waals surface area contributed by atoms with Crippen molar-refractivity contribution < 1.29 is 14.4 Å². The molecule has 0 aliphatic rings. The molecule has 28 heavy (non-hydrogen) atoms. The Morgan fingerprint density at radius 2 is 1.93 bits per heavy atom. The monoisotopic (exact) mass is 374 g/mol. The number of rotatable bonds is 8. The van der Waals surface area contributed by atoms with E-state index in [2.05, 4.69) is 10.1 Å². The molecule has 0 saturated carbocycles. The van der Waals surface area contributed by atoms with Crippen LogP contribution in [-0.2, 0) is 14.4 Å². The Hall–Kier alpha value is -3.47. The van der Waals surface area contributed by atoms with Gasteiger partial charge in [0.15, 0.2) is 0 Å². The molecule has 142 valence electrons. The van der Waals surface area contributed by atoms with Gasteiger partial charge in [-0.25, -0.2) is 4.79 Å². The molecule has 2 aromatic carbocycles. The lowest BCUT2D eigenvalue weighted by molar-refractivity contribution is -0.138. The minimum atomic E-state index is -0.374. The summed E-state index contributed by atoms with van der Waals surface area (Å²) in [6, 6.07) is 19.4. The van der Waals surface area contributed by atoms with Crippen molar-refractivity contribution in [3.05, 3.63) is 84.1 Å². The van der Waals surface area contributed by atoms with Gasteiger partial charge in [0.25, 0.3) is 0 Å². The summed E-state index contributed by atoms with van der Waals surface area (Å²) in [5, 5.41) is 5.10. The molecule has 0 N–H and O–H groups in total. The molecule has 3 aromatic rings. The zero-order valence-electron chi connectivity index (χ0n) is 15.7. The van der Waals surface area contributed by atoms with Crippen molar-refractivity contribution in [2.45, 2.75) is 19.4 Å². The molecule has 0 radical (unpaired) electrons. The van der Waals surface area contributed by atoms with E-state index in [1.165, 1.54) is 6.08 Å². The number of esters is 1. The number of oxime groups is 1. The zero-order valence-corrected chi connectivity index (χ0v) is 15.7. The number of hydrogen-bond donors (Lipinski definition) is 0. The number of carbonyl (C=O) groups is 1. The van der Waals surface area contributed by atoms with E-state index in [4.69, 9.17) is 9.57 Å². The lowest BCUT2D eigenvalue weighted by Crippen LogP contribution is -2.11. The van der Waals surface area contributed by atoms with Gasteiger partial charge in [-0.2, -0.15) is 0 Å². The molecule has 1 unspecified atom stereocenters. The number of fused-ring (bicyclic) bond motifs is 1. The zero-order chi connectivity index (χ0) is 19.6. The van der Waals surface area contributed by atoms with Crippen LogP contribution in [0.25, 0.3) is 17.0 Å². The van der Waals surface area contributed by atoms with Crippen LogP contribution >= 0.6 is 0 Å². The average Bonchev–Trinajstić information content (AvgIpc) is 2.73. The van der Waals surface area contributed by atoms with Gasteiger partial charge in [0, 0.05) is 29.6 Å². The first kappa shape index (κ1) is 19.3. The van der Waals surface area contributed by atoms with Crippen LogP contribution < -0.4 is 0 Å². The first-order valence-corrected chi connectivity index (χ1v) is 9.15. The number of pyridine rings is 1. The van der Waals surface area contributed by atoms with E-state index in [0.29, 0.717) is 6.42 Å². The number of benzene rings is 2. The van der Waals surface area contributed by atoms with Gasteiger partial charge in [-0.05, 0) is 24.6 Å². The van der Waals surface area contributed by atoms with E-state index in [9.17, 15) is 4.79 Å². The minimum absolute atomic E-state index is 0.176. The fourth-order valence-electron chi connectivity index (χ4n) is 2.58. The Kier molecular flexibility index (Phi) is 6.90. The lowest BCUT2D eigenvalue weighted by atomic mass is 10.1. The smallest absolute Gasteiger partial charge is 0.330 e. The summed E-state index contributed by atoms with van der Waals surface area (Å²) >= 11 is 0. The highest BCUT2D eigenvalue weighted by Crippen LogP contribution is 2.14. The predicted octanol–water partition coefficient (Wildman–Crippen LogP) is 4.62. The van der Waals surface area contributed by atoms with Gasteiger partial charge in [-0.3, -0.25) is 4.98 Å². The second kappa shape index (κ2) is 10.0. The Bertz CT molecular complexity index is 963. The maximum Gasteiger partial charge on any atom is 0.330 e. The highest BCUT2D eigenvalue weighted by Gasteiger charge is 2.05. The summed E-state index contributed by atoms with van der Waals surface area (Å²) in [6.07, 6.45) is 6.93. The van der Waals surface area contributed by atoms with Gasteiger partial charge in [0.1, 0.15) is 6.10 Å². The third-order valence-electron chi connectivity index (χ3n) is 4.08. The van der Waals surface area contributed by atoms with Crippen LogP contribution in [0.3, 0.4) is 0 Å². The number of carbonyl (C=O) groups excluding carboxylic acids is 1. The van der Waals surface area contributed by atoms with Crippen LogP contribution in [0.1, 0.15) is 24.5 Å². The van der Waals surface area contributed by atoms with Gasteiger partial charge in [-0.15, -0.1) is 0 Å². The molecule has 0 fully saturated rings. The Morgan fingerprint density at radius 1 is 1.11 bits per heavy atom. The summed E-state index contributed by atoms with van der Waals surface area (Å²) in [6.45, 7) is 2.15. The highest BCUT2D eigenvalue weighted by molar-refractivity contribution is 5.97. The fourth-order valence-corrected chi connectivity index (χ4v) is 2.58. The molecular weight excluding hydrogens is 352 g/mol. The van der Waals surface area contributed by atoms with Crippen molar-refractivity contribution in [1.29, 1.82) is 0 Å². The third-order valence-corrected chi connectivity index (χ3v) is 4.08. The maximum atomic E-state index is 11.7. The van der Waals surface area contributed by atoms with Gasteiger partial charge in [0.05, 0.1) is 18.3 Å². The molecule has 5 heteroatoms. The SMILES string of the molecule is CC(CCOC(=O)/C=C/c1ccccc1)O/N=C/c1cccc2cccnc12. The van der Waals surface area contributed by atoms with Crippen molar-refractivity contribution >= 4 is 29.2 Å². The number of nitrogens with zero attached hydrogens (tertiary/aromatic N) is 2. The first-order valence-electron chi connectivity index (χ1n) is 9.15. The van der Waals surface area contributed by atoms with E-state index < -0.39 is 0 Å². The van der Waals surface area contributed by atoms with Crippen LogP contribution in [0, 0.1) is 0 Å². The molecule has 1 heterocycles. The Morgan fingerprint density at radius 3 is 2.79 bits per heavy atom. The van der Waals surface area contributed by atoms with Crippen LogP contribution in [-0.4, -0.2) is 29.9 Å². The number of hydrogen-bond acceptors (Lipinski definition) is 5. The van der Waals surface area contributed by atoms with Crippen molar-refractivity contribution in [2.24, 2.45) is 5.16 Å². The number of ether oxygens (including phenoxy) is 1. The standard InChI is InChI=1S/C23H22N2O3/c1-18(14-16-27-22(26)13-12-19-7-3-2-4-8-19)28-25-17-21-10-5-9-20-11-6-15-24-23(20)21/h2-13,15,17-18H,14,16H2,1H3/b13-12+,25-17+. The third kappa shape index (κ3) is 5.77. The number of aromatic nitrogens is 1. The molecule has 0 aliphatic heterocycles. The molecule has 0 spiro atoms. The van der Waals surface area contributed by atoms with E-state index in [1.54, 1.807) is 18.5 Å². The average molecular weight is 374 g/mol. The van der Waals surface area contributed by atoms with Crippen LogP contribution in [0.2, 0.25) is 0 Å². The van der Waals surface area contributed by atoms with E-state index >= 15 is 0 Å². The molecule has 5 nitrogen and oxygen atoms in total. The second-order valence-corrected chi connectivity index (χ2v) is 6.27. The van der Waals surface area contributed by atoms with Crippen molar-refractivity contribution in [3.8, 4) is 0 Å². The van der Waals surface area contributed by atoms with Crippen LogP contribution in [0.15, 0.2) is 78.1 Å². The summed E-state index contributed by atoms with van der Waals surface area (Å²) < 4.78 is 5.19. The van der Waals surface area contributed by atoms with Crippen LogP contribution in [0.4, 0.5) is 0 Å². The Balaban J connectivity index is 1.42. The van der Waals surface area contributed by atoms with Crippen LogP contribution in [0.5, 0.6) is 0 Å². The van der Waals surface area contributed by atoms with Gasteiger partial charge < -0.3 is 9.57 Å². The van der Waals surface area contributed by atoms with E-state index in [-0.39, 0.29) is 18.7 Å². The normalized spacial score (nSPS) is 12.5. The summed E-state index contributed by atoms with van der Waals surface area (Å²) in [7, 11) is 0. The molecule has 0 saturated heterocycles. The van der Waals surface area contributed by atoms with Gasteiger partial charge in [0.2, 0.25) is 0 Å².